The first-order valence-electron chi connectivity index (χ1n) is 7.34. The summed E-state index contributed by atoms with van der Waals surface area (Å²) in [6.45, 7) is 2.10. The van der Waals surface area contributed by atoms with Crippen molar-refractivity contribution in [3.63, 3.8) is 0 Å². The highest BCUT2D eigenvalue weighted by molar-refractivity contribution is 5.82. The van der Waals surface area contributed by atoms with Crippen molar-refractivity contribution in [1.82, 2.24) is 14.8 Å². The van der Waals surface area contributed by atoms with Gasteiger partial charge in [-0.05, 0) is 11.6 Å². The van der Waals surface area contributed by atoms with Crippen LogP contribution in [0.2, 0.25) is 0 Å². The van der Waals surface area contributed by atoms with E-state index in [1.165, 1.54) is 7.11 Å². The summed E-state index contributed by atoms with van der Waals surface area (Å²) in [5, 5.41) is 0. The molecule has 7 nitrogen and oxygen atoms in total. The predicted octanol–water partition coefficient (Wildman–Crippen LogP) is 0.181. The van der Waals surface area contributed by atoms with Gasteiger partial charge in [-0.2, -0.15) is 0 Å². The second kappa shape index (κ2) is 7.63. The standard InChI is InChI=1S/C15H21N3O4/c1-22-15(21)3-2-13(19)17-6-8-18(9-7-17)14(20)10-12-4-5-16-11-12/h4-5,11,16H,2-3,6-10H2,1H3. The fourth-order valence-electron chi connectivity index (χ4n) is 2.43. The van der Waals surface area contributed by atoms with E-state index in [4.69, 9.17) is 0 Å². The molecule has 2 rings (SSSR count). The molecule has 0 aromatic carbocycles. The number of rotatable bonds is 5. The van der Waals surface area contributed by atoms with E-state index in [0.717, 1.165) is 5.56 Å². The van der Waals surface area contributed by atoms with Gasteiger partial charge >= 0.3 is 5.97 Å². The maximum Gasteiger partial charge on any atom is 0.306 e. The number of H-pyrrole nitrogens is 1. The van der Waals surface area contributed by atoms with Gasteiger partial charge in [0.05, 0.1) is 20.0 Å². The van der Waals surface area contributed by atoms with E-state index in [0.29, 0.717) is 32.6 Å². The molecule has 120 valence electrons. The normalized spacial score (nSPS) is 14.8. The Kier molecular flexibility index (Phi) is 5.57. The Labute approximate surface area is 129 Å². The molecule has 0 bridgehead atoms. The van der Waals surface area contributed by atoms with E-state index in [1.807, 2.05) is 12.3 Å². The van der Waals surface area contributed by atoms with Gasteiger partial charge in [-0.3, -0.25) is 14.4 Å². The first-order chi connectivity index (χ1) is 10.6. The molecule has 1 N–H and O–H groups in total. The number of nitrogens with one attached hydrogen (secondary N) is 1. The number of aromatic nitrogens is 1. The molecule has 1 aromatic rings. The summed E-state index contributed by atoms with van der Waals surface area (Å²) < 4.78 is 4.52. The molecule has 0 aliphatic carbocycles. The highest BCUT2D eigenvalue weighted by Gasteiger charge is 2.24. The van der Waals surface area contributed by atoms with E-state index in [2.05, 4.69) is 9.72 Å². The summed E-state index contributed by atoms with van der Waals surface area (Å²) in [7, 11) is 1.31. The Morgan fingerprint density at radius 2 is 1.73 bits per heavy atom. The zero-order valence-electron chi connectivity index (χ0n) is 12.7. The van der Waals surface area contributed by atoms with Gasteiger partial charge in [0.2, 0.25) is 11.8 Å². The van der Waals surface area contributed by atoms with Gasteiger partial charge in [-0.15, -0.1) is 0 Å². The van der Waals surface area contributed by atoms with Crippen molar-refractivity contribution in [3.05, 3.63) is 24.0 Å². The van der Waals surface area contributed by atoms with Crippen LogP contribution in [0.25, 0.3) is 0 Å². The van der Waals surface area contributed by atoms with E-state index >= 15 is 0 Å². The third kappa shape index (κ3) is 4.34. The number of carbonyl (C=O) groups is 3. The van der Waals surface area contributed by atoms with Crippen LogP contribution in [0.1, 0.15) is 18.4 Å². The van der Waals surface area contributed by atoms with E-state index < -0.39 is 0 Å². The molecule has 1 fully saturated rings. The van der Waals surface area contributed by atoms with Gasteiger partial charge in [-0.25, -0.2) is 0 Å². The molecule has 0 saturated carbocycles. The van der Waals surface area contributed by atoms with Gasteiger partial charge in [0.1, 0.15) is 0 Å². The van der Waals surface area contributed by atoms with Gasteiger partial charge in [0.25, 0.3) is 0 Å². The summed E-state index contributed by atoms with van der Waals surface area (Å²) in [5.74, 6) is -0.377. The number of hydrogen-bond donors (Lipinski definition) is 1. The summed E-state index contributed by atoms with van der Waals surface area (Å²) in [4.78, 5) is 41.5. The smallest absolute Gasteiger partial charge is 0.306 e. The van der Waals surface area contributed by atoms with Crippen LogP contribution in [0.15, 0.2) is 18.5 Å². The molecule has 2 amide bonds. The van der Waals surface area contributed by atoms with E-state index in [9.17, 15) is 14.4 Å². The average molecular weight is 307 g/mol. The Balaban J connectivity index is 1.74. The van der Waals surface area contributed by atoms with Crippen molar-refractivity contribution in [3.8, 4) is 0 Å². The van der Waals surface area contributed by atoms with E-state index in [1.54, 1.807) is 16.0 Å². The van der Waals surface area contributed by atoms with Crippen molar-refractivity contribution in [2.24, 2.45) is 0 Å². The first-order valence-corrected chi connectivity index (χ1v) is 7.34. The van der Waals surface area contributed by atoms with Crippen molar-refractivity contribution >= 4 is 17.8 Å². The Morgan fingerprint density at radius 1 is 1.09 bits per heavy atom. The molecule has 1 aliphatic rings. The first kappa shape index (κ1) is 16.1. The molecule has 1 saturated heterocycles. The Morgan fingerprint density at radius 3 is 2.27 bits per heavy atom. The Hall–Kier alpha value is -2.31. The second-order valence-electron chi connectivity index (χ2n) is 5.23. The predicted molar refractivity (Wildman–Crippen MR) is 78.9 cm³/mol. The zero-order chi connectivity index (χ0) is 15.9. The zero-order valence-corrected chi connectivity index (χ0v) is 12.7. The number of piperazine rings is 1. The van der Waals surface area contributed by atoms with Crippen LogP contribution in [0, 0.1) is 0 Å². The van der Waals surface area contributed by atoms with Crippen LogP contribution >= 0.6 is 0 Å². The van der Waals surface area contributed by atoms with Gasteiger partial charge < -0.3 is 19.5 Å². The lowest BCUT2D eigenvalue weighted by molar-refractivity contribution is -0.144. The second-order valence-corrected chi connectivity index (χ2v) is 5.23. The fourth-order valence-corrected chi connectivity index (χ4v) is 2.43. The molecular weight excluding hydrogens is 286 g/mol. The minimum absolute atomic E-state index is 0.0665. The molecule has 22 heavy (non-hydrogen) atoms. The minimum Gasteiger partial charge on any atom is -0.469 e. The van der Waals surface area contributed by atoms with Gasteiger partial charge in [0.15, 0.2) is 0 Å². The summed E-state index contributed by atoms with van der Waals surface area (Å²) in [5.41, 5.74) is 0.960. The summed E-state index contributed by atoms with van der Waals surface area (Å²) in [6.07, 6.45) is 4.23. The molecule has 0 radical (unpaired) electrons. The molecular formula is C15H21N3O4. The minimum atomic E-state index is -0.381. The third-order valence-electron chi connectivity index (χ3n) is 3.77. The lowest BCUT2D eigenvalue weighted by atomic mass is 10.2. The molecule has 0 unspecified atom stereocenters. The van der Waals surface area contributed by atoms with Crippen LogP contribution in [0.3, 0.4) is 0 Å². The van der Waals surface area contributed by atoms with Crippen molar-refractivity contribution in [1.29, 1.82) is 0 Å². The number of amides is 2. The van der Waals surface area contributed by atoms with E-state index in [-0.39, 0.29) is 30.6 Å². The number of ether oxygens (including phenoxy) is 1. The van der Waals surface area contributed by atoms with Crippen molar-refractivity contribution in [2.75, 3.05) is 33.3 Å². The topological polar surface area (TPSA) is 82.7 Å². The molecule has 2 heterocycles. The molecule has 7 heteroatoms. The fraction of sp³-hybridized carbons (Fsp3) is 0.533. The number of aromatic amines is 1. The quantitative estimate of drug-likeness (QED) is 0.787. The SMILES string of the molecule is COC(=O)CCC(=O)N1CCN(C(=O)Cc2cc[nH]c2)CC1. The number of carbonyl (C=O) groups excluding carboxylic acids is 3. The number of hydrogen-bond acceptors (Lipinski definition) is 4. The summed E-state index contributed by atoms with van der Waals surface area (Å²) in [6, 6.07) is 1.88. The molecule has 1 aromatic heterocycles. The van der Waals surface area contributed by atoms with Crippen LogP contribution in [0.5, 0.6) is 0 Å². The van der Waals surface area contributed by atoms with Crippen LogP contribution in [-0.4, -0.2) is 65.9 Å². The van der Waals surface area contributed by atoms with Gasteiger partial charge in [-0.1, -0.05) is 0 Å². The molecule has 0 atom stereocenters. The van der Waals surface area contributed by atoms with Gasteiger partial charge in [0, 0.05) is 45.0 Å². The monoisotopic (exact) mass is 307 g/mol. The van der Waals surface area contributed by atoms with Crippen molar-refractivity contribution in [2.45, 2.75) is 19.3 Å². The lowest BCUT2D eigenvalue weighted by Crippen LogP contribution is -2.51. The lowest BCUT2D eigenvalue weighted by Gasteiger charge is -2.34. The van der Waals surface area contributed by atoms with Crippen molar-refractivity contribution < 1.29 is 19.1 Å². The maximum atomic E-state index is 12.1. The number of esters is 1. The molecule has 0 spiro atoms. The number of nitrogens with zero attached hydrogens (tertiary/aromatic N) is 2. The average Bonchev–Trinajstić information content (AvgIpc) is 3.05. The highest BCUT2D eigenvalue weighted by atomic mass is 16.5. The molecule has 1 aliphatic heterocycles. The third-order valence-corrected chi connectivity index (χ3v) is 3.77. The van der Waals surface area contributed by atoms with Crippen LogP contribution < -0.4 is 0 Å². The Bertz CT molecular complexity index is 519. The summed E-state index contributed by atoms with van der Waals surface area (Å²) >= 11 is 0. The maximum absolute atomic E-state index is 12.1. The van der Waals surface area contributed by atoms with Crippen LogP contribution in [-0.2, 0) is 25.5 Å². The largest absolute Gasteiger partial charge is 0.469 e. The number of methoxy groups -OCH3 is 1. The van der Waals surface area contributed by atoms with Crippen LogP contribution in [0.4, 0.5) is 0 Å². The highest BCUT2D eigenvalue weighted by Crippen LogP contribution is 2.08.